The van der Waals surface area contributed by atoms with Gasteiger partial charge in [-0.3, -0.25) is 4.79 Å². The van der Waals surface area contributed by atoms with Crippen LogP contribution in [0.3, 0.4) is 0 Å². The molecule has 1 aliphatic carbocycles. The second-order valence-corrected chi connectivity index (χ2v) is 3.36. The Morgan fingerprint density at radius 2 is 1.73 bits per heavy atom. The Bertz CT molecular complexity index is 126. The van der Waals surface area contributed by atoms with Crippen LogP contribution in [-0.4, -0.2) is 12.3 Å². The Morgan fingerprint density at radius 3 is 2.18 bits per heavy atom. The molecule has 0 bridgehead atoms. The molecule has 0 aromatic carbocycles. The van der Waals surface area contributed by atoms with E-state index in [2.05, 4.69) is 0 Å². The summed E-state index contributed by atoms with van der Waals surface area (Å²) in [6.45, 7) is 0.241. The minimum Gasteiger partial charge on any atom is -0.324 e. The number of nitrogens with two attached hydrogens (primary N) is 1. The SMILES string of the molecule is NCC(=O)C1CCCCCC1. The third kappa shape index (κ3) is 2.62. The Morgan fingerprint density at radius 1 is 1.18 bits per heavy atom. The van der Waals surface area contributed by atoms with E-state index in [9.17, 15) is 4.79 Å². The topological polar surface area (TPSA) is 43.1 Å². The fourth-order valence-corrected chi connectivity index (χ4v) is 1.77. The highest BCUT2D eigenvalue weighted by Crippen LogP contribution is 2.22. The van der Waals surface area contributed by atoms with Crippen LogP contribution in [0.2, 0.25) is 0 Å². The number of hydrogen-bond acceptors (Lipinski definition) is 2. The molecular formula is C9H17NO. The van der Waals surface area contributed by atoms with Gasteiger partial charge in [-0.1, -0.05) is 25.7 Å². The maximum absolute atomic E-state index is 11.2. The standard InChI is InChI=1S/C9H17NO/c10-7-9(11)8-5-3-1-2-4-6-8/h8H,1-7,10H2. The Balaban J connectivity index is 2.36. The fourth-order valence-electron chi connectivity index (χ4n) is 1.77. The molecule has 2 heteroatoms. The van der Waals surface area contributed by atoms with Crippen LogP contribution in [0.1, 0.15) is 38.5 Å². The van der Waals surface area contributed by atoms with Crippen molar-refractivity contribution in [1.82, 2.24) is 0 Å². The summed E-state index contributed by atoms with van der Waals surface area (Å²) in [7, 11) is 0. The summed E-state index contributed by atoms with van der Waals surface area (Å²) in [5.41, 5.74) is 5.30. The van der Waals surface area contributed by atoms with Gasteiger partial charge in [-0.15, -0.1) is 0 Å². The second-order valence-electron chi connectivity index (χ2n) is 3.36. The van der Waals surface area contributed by atoms with Gasteiger partial charge in [-0.05, 0) is 12.8 Å². The average molecular weight is 155 g/mol. The summed E-state index contributed by atoms with van der Waals surface area (Å²) in [5.74, 6) is 0.564. The summed E-state index contributed by atoms with van der Waals surface area (Å²) in [5, 5.41) is 0. The first-order valence-corrected chi connectivity index (χ1v) is 4.57. The van der Waals surface area contributed by atoms with Crippen molar-refractivity contribution in [3.8, 4) is 0 Å². The third-order valence-corrected chi connectivity index (χ3v) is 2.51. The van der Waals surface area contributed by atoms with Crippen molar-refractivity contribution >= 4 is 5.78 Å². The smallest absolute Gasteiger partial charge is 0.149 e. The molecule has 0 saturated heterocycles. The zero-order valence-corrected chi connectivity index (χ0v) is 7.01. The molecule has 0 heterocycles. The van der Waals surface area contributed by atoms with Gasteiger partial charge in [-0.25, -0.2) is 0 Å². The van der Waals surface area contributed by atoms with Gasteiger partial charge in [0.15, 0.2) is 0 Å². The summed E-state index contributed by atoms with van der Waals surface area (Å²) in [4.78, 5) is 11.2. The van der Waals surface area contributed by atoms with Gasteiger partial charge in [0.25, 0.3) is 0 Å². The van der Waals surface area contributed by atoms with Gasteiger partial charge in [0, 0.05) is 5.92 Å². The fraction of sp³-hybridized carbons (Fsp3) is 0.889. The number of carbonyl (C=O) groups is 1. The molecule has 0 aromatic rings. The number of hydrogen-bond donors (Lipinski definition) is 1. The molecule has 1 rings (SSSR count). The van der Waals surface area contributed by atoms with Crippen LogP contribution in [0.15, 0.2) is 0 Å². The van der Waals surface area contributed by atoms with Gasteiger partial charge in [0.2, 0.25) is 0 Å². The normalized spacial score (nSPS) is 21.2. The highest BCUT2D eigenvalue weighted by atomic mass is 16.1. The van der Waals surface area contributed by atoms with Crippen LogP contribution in [0.5, 0.6) is 0 Å². The predicted molar refractivity (Wildman–Crippen MR) is 45.3 cm³/mol. The van der Waals surface area contributed by atoms with E-state index in [4.69, 9.17) is 5.73 Å². The van der Waals surface area contributed by atoms with E-state index < -0.39 is 0 Å². The lowest BCUT2D eigenvalue weighted by Crippen LogP contribution is -2.22. The number of rotatable bonds is 2. The minimum atomic E-state index is 0.241. The van der Waals surface area contributed by atoms with Crippen LogP contribution in [0, 0.1) is 5.92 Å². The van der Waals surface area contributed by atoms with E-state index in [0.717, 1.165) is 12.8 Å². The summed E-state index contributed by atoms with van der Waals surface area (Å²) < 4.78 is 0. The Hall–Kier alpha value is -0.370. The molecule has 1 saturated carbocycles. The monoisotopic (exact) mass is 155 g/mol. The first-order valence-electron chi connectivity index (χ1n) is 4.57. The van der Waals surface area contributed by atoms with Crippen molar-refractivity contribution in [1.29, 1.82) is 0 Å². The Kier molecular flexibility index (Phi) is 3.57. The summed E-state index contributed by atoms with van der Waals surface area (Å²) >= 11 is 0. The molecule has 0 spiro atoms. The number of ketones is 1. The molecule has 0 aliphatic heterocycles. The zero-order valence-electron chi connectivity index (χ0n) is 7.01. The van der Waals surface area contributed by atoms with E-state index in [-0.39, 0.29) is 12.3 Å². The molecule has 0 unspecified atom stereocenters. The number of Topliss-reactive ketones (excluding diaryl/α,β-unsaturated/α-hetero) is 1. The lowest BCUT2D eigenvalue weighted by Gasteiger charge is -2.09. The predicted octanol–water partition coefficient (Wildman–Crippen LogP) is 1.48. The van der Waals surface area contributed by atoms with Gasteiger partial charge < -0.3 is 5.73 Å². The highest BCUT2D eigenvalue weighted by molar-refractivity contribution is 5.82. The largest absolute Gasteiger partial charge is 0.324 e. The van der Waals surface area contributed by atoms with E-state index in [1.807, 2.05) is 0 Å². The molecule has 64 valence electrons. The summed E-state index contributed by atoms with van der Waals surface area (Å²) in [6, 6.07) is 0. The first-order chi connectivity index (χ1) is 5.34. The molecule has 1 fully saturated rings. The molecule has 2 N–H and O–H groups in total. The maximum Gasteiger partial charge on any atom is 0.149 e. The van der Waals surface area contributed by atoms with Gasteiger partial charge in [0.05, 0.1) is 6.54 Å². The molecule has 2 nitrogen and oxygen atoms in total. The van der Waals surface area contributed by atoms with Crippen LogP contribution in [0.25, 0.3) is 0 Å². The molecular weight excluding hydrogens is 138 g/mol. The van der Waals surface area contributed by atoms with Gasteiger partial charge >= 0.3 is 0 Å². The van der Waals surface area contributed by atoms with Gasteiger partial charge in [0.1, 0.15) is 5.78 Å². The first kappa shape index (κ1) is 8.72. The molecule has 0 atom stereocenters. The van der Waals surface area contributed by atoms with Crippen LogP contribution >= 0.6 is 0 Å². The highest BCUT2D eigenvalue weighted by Gasteiger charge is 2.17. The number of carbonyl (C=O) groups excluding carboxylic acids is 1. The molecule has 1 aliphatic rings. The van der Waals surface area contributed by atoms with Crippen molar-refractivity contribution in [3.63, 3.8) is 0 Å². The Labute approximate surface area is 68.2 Å². The summed E-state index contributed by atoms with van der Waals surface area (Å²) in [6.07, 6.45) is 7.20. The van der Waals surface area contributed by atoms with E-state index in [1.165, 1.54) is 25.7 Å². The average Bonchev–Trinajstić information content (AvgIpc) is 2.30. The van der Waals surface area contributed by atoms with E-state index >= 15 is 0 Å². The lowest BCUT2D eigenvalue weighted by atomic mass is 9.96. The third-order valence-electron chi connectivity index (χ3n) is 2.51. The van der Waals surface area contributed by atoms with E-state index in [0.29, 0.717) is 5.92 Å². The van der Waals surface area contributed by atoms with Gasteiger partial charge in [-0.2, -0.15) is 0 Å². The van der Waals surface area contributed by atoms with Crippen molar-refractivity contribution in [2.75, 3.05) is 6.54 Å². The van der Waals surface area contributed by atoms with Crippen molar-refractivity contribution in [2.45, 2.75) is 38.5 Å². The van der Waals surface area contributed by atoms with Crippen LogP contribution in [0.4, 0.5) is 0 Å². The van der Waals surface area contributed by atoms with Crippen molar-refractivity contribution < 1.29 is 4.79 Å². The lowest BCUT2D eigenvalue weighted by molar-refractivity contribution is -0.121. The minimum absolute atomic E-state index is 0.241. The van der Waals surface area contributed by atoms with E-state index in [1.54, 1.807) is 0 Å². The maximum atomic E-state index is 11.2. The van der Waals surface area contributed by atoms with Crippen molar-refractivity contribution in [3.05, 3.63) is 0 Å². The second kappa shape index (κ2) is 4.50. The molecule has 0 aromatic heterocycles. The van der Waals surface area contributed by atoms with Crippen LogP contribution < -0.4 is 5.73 Å². The van der Waals surface area contributed by atoms with Crippen molar-refractivity contribution in [2.24, 2.45) is 11.7 Å². The zero-order chi connectivity index (χ0) is 8.10. The molecule has 0 radical (unpaired) electrons. The molecule has 11 heavy (non-hydrogen) atoms. The molecule has 0 amide bonds. The quantitative estimate of drug-likeness (QED) is 0.614. The van der Waals surface area contributed by atoms with Crippen LogP contribution in [-0.2, 0) is 4.79 Å².